The first kappa shape index (κ1) is 19.7. The highest BCUT2D eigenvalue weighted by atomic mass is 16.5. The molecule has 0 saturated heterocycles. The maximum atomic E-state index is 11.8. The summed E-state index contributed by atoms with van der Waals surface area (Å²) in [5.74, 6) is -0.773. The lowest BCUT2D eigenvalue weighted by atomic mass is 9.96. The Bertz CT molecular complexity index is 519. The molecule has 0 heterocycles. The Balaban J connectivity index is 2.45. The third-order valence-electron chi connectivity index (χ3n) is 3.66. The third-order valence-corrected chi connectivity index (χ3v) is 3.66. The number of benzene rings is 1. The lowest BCUT2D eigenvalue weighted by molar-refractivity contribution is -0.139. The number of carboxylic acid groups (broad SMARTS) is 1. The molecule has 6 heteroatoms. The van der Waals surface area contributed by atoms with Gasteiger partial charge in [0.25, 0.3) is 0 Å². The molecule has 0 fully saturated rings. The van der Waals surface area contributed by atoms with Crippen LogP contribution in [-0.4, -0.2) is 36.8 Å². The van der Waals surface area contributed by atoms with E-state index >= 15 is 0 Å². The monoisotopic (exact) mass is 334 g/mol. The van der Waals surface area contributed by atoms with Crippen LogP contribution in [0, 0.1) is 5.92 Å². The summed E-state index contributed by atoms with van der Waals surface area (Å²) in [6.45, 7) is 4.60. The van der Waals surface area contributed by atoms with E-state index in [0.29, 0.717) is 12.8 Å². The Morgan fingerprint density at radius 2 is 2.00 bits per heavy atom. The Hall–Kier alpha value is -2.34. The van der Waals surface area contributed by atoms with Crippen LogP contribution in [0.5, 0.6) is 0 Å². The highest BCUT2D eigenvalue weighted by molar-refractivity contribution is 5.79. The van der Waals surface area contributed by atoms with Gasteiger partial charge in [0.1, 0.15) is 12.6 Å². The molecule has 2 atom stereocenters. The molecule has 0 aliphatic heterocycles. The topological polar surface area (TPSA) is 87.7 Å². The largest absolute Gasteiger partial charge is 0.480 e. The normalized spacial score (nSPS) is 12.9. The van der Waals surface area contributed by atoms with Gasteiger partial charge in [-0.15, -0.1) is 6.58 Å². The number of hydrogen-bond acceptors (Lipinski definition) is 4. The van der Waals surface area contributed by atoms with E-state index in [1.165, 1.54) is 0 Å². The van der Waals surface area contributed by atoms with Gasteiger partial charge >= 0.3 is 12.1 Å². The van der Waals surface area contributed by atoms with Gasteiger partial charge < -0.3 is 20.5 Å². The summed E-state index contributed by atoms with van der Waals surface area (Å²) in [5, 5.41) is 14.8. The molecule has 0 radical (unpaired) electrons. The summed E-state index contributed by atoms with van der Waals surface area (Å²) >= 11 is 0. The fourth-order valence-corrected chi connectivity index (χ4v) is 2.39. The molecule has 2 unspecified atom stereocenters. The van der Waals surface area contributed by atoms with E-state index in [0.717, 1.165) is 18.5 Å². The summed E-state index contributed by atoms with van der Waals surface area (Å²) in [7, 11) is 1.85. The molecule has 1 aromatic carbocycles. The van der Waals surface area contributed by atoms with Crippen LogP contribution in [0.15, 0.2) is 43.0 Å². The van der Waals surface area contributed by atoms with Gasteiger partial charge in [0.05, 0.1) is 0 Å². The average Bonchev–Trinajstić information content (AvgIpc) is 2.57. The molecule has 0 aromatic heterocycles. The Kier molecular flexibility index (Phi) is 9.23. The maximum absolute atomic E-state index is 11.8. The molecule has 132 valence electrons. The second kappa shape index (κ2) is 11.2. The van der Waals surface area contributed by atoms with Gasteiger partial charge in [0.2, 0.25) is 0 Å². The summed E-state index contributed by atoms with van der Waals surface area (Å²) in [6, 6.07) is 8.27. The number of carbonyl (C=O) groups excluding carboxylic acids is 1. The molecule has 0 spiro atoms. The Labute approximate surface area is 142 Å². The van der Waals surface area contributed by atoms with Crippen molar-refractivity contribution in [3.8, 4) is 0 Å². The van der Waals surface area contributed by atoms with Crippen molar-refractivity contribution in [1.29, 1.82) is 0 Å². The third kappa shape index (κ3) is 7.78. The molecule has 6 nitrogen and oxygen atoms in total. The molecule has 24 heavy (non-hydrogen) atoms. The first-order valence-corrected chi connectivity index (χ1v) is 8.02. The second-order valence-electron chi connectivity index (χ2n) is 5.62. The van der Waals surface area contributed by atoms with Gasteiger partial charge in [-0.05, 0) is 44.3 Å². The van der Waals surface area contributed by atoms with Crippen molar-refractivity contribution in [2.45, 2.75) is 31.9 Å². The van der Waals surface area contributed by atoms with Gasteiger partial charge in [0.15, 0.2) is 0 Å². The number of carboxylic acids is 1. The summed E-state index contributed by atoms with van der Waals surface area (Å²) in [5.41, 5.74) is 0.847. The summed E-state index contributed by atoms with van der Waals surface area (Å²) < 4.78 is 5.07. The number of alkyl carbamates (subject to hydrolysis) is 1. The zero-order valence-electron chi connectivity index (χ0n) is 14.0. The summed E-state index contributed by atoms with van der Waals surface area (Å²) in [6.07, 6.45) is 2.91. The highest BCUT2D eigenvalue weighted by Crippen LogP contribution is 2.13. The zero-order valence-corrected chi connectivity index (χ0v) is 14.0. The van der Waals surface area contributed by atoms with Gasteiger partial charge in [-0.2, -0.15) is 0 Å². The van der Waals surface area contributed by atoms with Crippen molar-refractivity contribution >= 4 is 12.1 Å². The van der Waals surface area contributed by atoms with Crippen molar-refractivity contribution in [2.24, 2.45) is 5.92 Å². The van der Waals surface area contributed by atoms with E-state index < -0.39 is 18.1 Å². The number of aliphatic carboxylic acids is 1. The molecule has 0 saturated carbocycles. The number of carbonyl (C=O) groups is 2. The molecule has 0 bridgehead atoms. The zero-order chi connectivity index (χ0) is 17.8. The van der Waals surface area contributed by atoms with Gasteiger partial charge in [0, 0.05) is 0 Å². The molecule has 0 aliphatic carbocycles. The lowest BCUT2D eigenvalue weighted by Crippen LogP contribution is -2.41. The van der Waals surface area contributed by atoms with E-state index in [9.17, 15) is 14.7 Å². The van der Waals surface area contributed by atoms with E-state index in [2.05, 4.69) is 17.2 Å². The van der Waals surface area contributed by atoms with Crippen molar-refractivity contribution in [1.82, 2.24) is 10.6 Å². The Morgan fingerprint density at radius 3 is 2.58 bits per heavy atom. The standard InChI is InChI=1S/C18H26N2O4/c1-3-7-14(12-19-2)10-11-16(17(21)22)20-18(23)24-13-15-8-5-4-6-9-15/h3-6,8-9,14,16,19H,1,7,10-13H2,2H3,(H,20,23)(H,21,22). The van der Waals surface area contributed by atoms with Crippen LogP contribution in [-0.2, 0) is 16.1 Å². The van der Waals surface area contributed by atoms with Crippen LogP contribution >= 0.6 is 0 Å². The van der Waals surface area contributed by atoms with Crippen LogP contribution in [0.4, 0.5) is 4.79 Å². The van der Waals surface area contributed by atoms with Crippen LogP contribution in [0.25, 0.3) is 0 Å². The fraction of sp³-hybridized carbons (Fsp3) is 0.444. The first-order valence-electron chi connectivity index (χ1n) is 8.02. The maximum Gasteiger partial charge on any atom is 0.408 e. The highest BCUT2D eigenvalue weighted by Gasteiger charge is 2.22. The number of rotatable bonds is 11. The molecule has 1 aromatic rings. The Morgan fingerprint density at radius 1 is 1.29 bits per heavy atom. The molecular weight excluding hydrogens is 308 g/mol. The SMILES string of the molecule is C=CCC(CCC(NC(=O)OCc1ccccc1)C(=O)O)CNC. The van der Waals surface area contributed by atoms with E-state index in [1.54, 1.807) is 0 Å². The molecule has 3 N–H and O–H groups in total. The van der Waals surface area contributed by atoms with Crippen molar-refractivity contribution in [3.05, 3.63) is 48.6 Å². The minimum absolute atomic E-state index is 0.109. The van der Waals surface area contributed by atoms with Gasteiger partial charge in [-0.3, -0.25) is 0 Å². The number of amides is 1. The van der Waals surface area contributed by atoms with E-state index in [4.69, 9.17) is 4.74 Å². The van der Waals surface area contributed by atoms with Crippen LogP contribution < -0.4 is 10.6 Å². The molecule has 1 amide bonds. The smallest absolute Gasteiger partial charge is 0.408 e. The van der Waals surface area contributed by atoms with Crippen LogP contribution in [0.2, 0.25) is 0 Å². The molecule has 1 rings (SSSR count). The van der Waals surface area contributed by atoms with Gasteiger partial charge in [-0.25, -0.2) is 9.59 Å². The van der Waals surface area contributed by atoms with E-state index in [-0.39, 0.29) is 12.5 Å². The number of nitrogens with one attached hydrogen (secondary N) is 2. The minimum atomic E-state index is -1.06. The van der Waals surface area contributed by atoms with E-state index in [1.807, 2.05) is 43.5 Å². The molecular formula is C18H26N2O4. The van der Waals surface area contributed by atoms with Crippen LogP contribution in [0.3, 0.4) is 0 Å². The quantitative estimate of drug-likeness (QED) is 0.541. The van der Waals surface area contributed by atoms with Crippen molar-refractivity contribution in [2.75, 3.05) is 13.6 Å². The predicted molar refractivity (Wildman–Crippen MR) is 92.7 cm³/mol. The second-order valence-corrected chi connectivity index (χ2v) is 5.62. The molecule has 0 aliphatic rings. The first-order chi connectivity index (χ1) is 11.6. The number of hydrogen-bond donors (Lipinski definition) is 3. The van der Waals surface area contributed by atoms with Crippen molar-refractivity contribution < 1.29 is 19.4 Å². The fourth-order valence-electron chi connectivity index (χ4n) is 2.39. The lowest BCUT2D eigenvalue weighted by Gasteiger charge is -2.19. The number of allylic oxidation sites excluding steroid dienone is 1. The summed E-state index contributed by atoms with van der Waals surface area (Å²) in [4.78, 5) is 23.1. The van der Waals surface area contributed by atoms with Crippen molar-refractivity contribution in [3.63, 3.8) is 0 Å². The van der Waals surface area contributed by atoms with Crippen LogP contribution in [0.1, 0.15) is 24.8 Å². The van der Waals surface area contributed by atoms with Gasteiger partial charge in [-0.1, -0.05) is 36.4 Å². The number of ether oxygens (including phenoxy) is 1. The minimum Gasteiger partial charge on any atom is -0.480 e. The predicted octanol–water partition coefficient (Wildman–Crippen LogP) is 2.56. The average molecular weight is 334 g/mol.